The van der Waals surface area contributed by atoms with E-state index in [0.29, 0.717) is 66.9 Å². The highest BCUT2D eigenvalue weighted by molar-refractivity contribution is 5.69. The van der Waals surface area contributed by atoms with Crippen LogP contribution in [0.2, 0.25) is 0 Å². The number of hydrogen-bond donors (Lipinski definition) is 1. The summed E-state index contributed by atoms with van der Waals surface area (Å²) in [5.74, 6) is 0.612. The van der Waals surface area contributed by atoms with Crippen LogP contribution in [0.4, 0.5) is 24.7 Å². The van der Waals surface area contributed by atoms with Crippen molar-refractivity contribution in [2.24, 2.45) is 0 Å². The third-order valence-corrected chi connectivity index (χ3v) is 5.51. The SMILES string of the molecule is Cc1c(Cc2c(COC=O)nc3c(N)cc(N4CCOCC4)nn23)cccc1C(F)(F)F. The van der Waals surface area contributed by atoms with Crippen LogP contribution in [-0.2, 0) is 33.5 Å². The highest BCUT2D eigenvalue weighted by Crippen LogP contribution is 2.34. The van der Waals surface area contributed by atoms with Crippen molar-refractivity contribution in [1.82, 2.24) is 14.6 Å². The number of imidazole rings is 1. The first-order valence-electron chi connectivity index (χ1n) is 10.00. The maximum Gasteiger partial charge on any atom is 0.416 e. The van der Waals surface area contributed by atoms with E-state index in [1.54, 1.807) is 12.1 Å². The maximum atomic E-state index is 13.4. The molecule has 1 aliphatic heterocycles. The second kappa shape index (κ2) is 8.65. The Bertz CT molecular complexity index is 1140. The number of morpholine rings is 1. The fraction of sp³-hybridized carbons (Fsp3) is 0.381. The number of nitrogens with zero attached hydrogens (tertiary/aromatic N) is 4. The van der Waals surface area contributed by atoms with Crippen molar-refractivity contribution in [2.45, 2.75) is 26.1 Å². The van der Waals surface area contributed by atoms with Gasteiger partial charge in [-0.3, -0.25) is 4.79 Å². The Morgan fingerprint density at radius 3 is 2.72 bits per heavy atom. The lowest BCUT2D eigenvalue weighted by molar-refractivity contribution is -0.138. The monoisotopic (exact) mass is 449 g/mol. The molecule has 0 amide bonds. The summed E-state index contributed by atoms with van der Waals surface area (Å²) in [4.78, 5) is 17.2. The second-order valence-electron chi connectivity index (χ2n) is 7.47. The molecule has 0 spiro atoms. The molecule has 170 valence electrons. The summed E-state index contributed by atoms with van der Waals surface area (Å²) >= 11 is 0. The first kappa shape index (κ1) is 21.9. The van der Waals surface area contributed by atoms with Crippen LogP contribution < -0.4 is 10.6 Å². The molecule has 11 heteroatoms. The van der Waals surface area contributed by atoms with E-state index in [2.05, 4.69) is 10.1 Å². The summed E-state index contributed by atoms with van der Waals surface area (Å²) in [7, 11) is 0. The molecule has 4 rings (SSSR count). The van der Waals surface area contributed by atoms with E-state index in [1.807, 2.05) is 4.90 Å². The molecule has 2 N–H and O–H groups in total. The fourth-order valence-electron chi connectivity index (χ4n) is 3.83. The molecule has 1 saturated heterocycles. The highest BCUT2D eigenvalue weighted by Gasteiger charge is 2.33. The van der Waals surface area contributed by atoms with Crippen LogP contribution in [0.25, 0.3) is 5.65 Å². The molecule has 8 nitrogen and oxygen atoms in total. The van der Waals surface area contributed by atoms with E-state index in [9.17, 15) is 18.0 Å². The fourth-order valence-corrected chi connectivity index (χ4v) is 3.83. The van der Waals surface area contributed by atoms with Crippen molar-refractivity contribution < 1.29 is 27.4 Å². The largest absolute Gasteiger partial charge is 0.461 e. The Kier molecular flexibility index (Phi) is 5.92. The quantitative estimate of drug-likeness (QED) is 0.578. The average Bonchev–Trinajstić information content (AvgIpc) is 3.11. The van der Waals surface area contributed by atoms with Gasteiger partial charge in [0.2, 0.25) is 0 Å². The van der Waals surface area contributed by atoms with Crippen LogP contribution in [0.3, 0.4) is 0 Å². The number of anilines is 2. The Morgan fingerprint density at radius 1 is 1.28 bits per heavy atom. The Balaban J connectivity index is 1.83. The smallest absolute Gasteiger partial charge is 0.416 e. The van der Waals surface area contributed by atoms with Gasteiger partial charge in [0, 0.05) is 25.6 Å². The summed E-state index contributed by atoms with van der Waals surface area (Å²) in [5, 5.41) is 4.66. The molecular weight excluding hydrogens is 427 g/mol. The van der Waals surface area contributed by atoms with Crippen molar-refractivity contribution >= 4 is 23.6 Å². The van der Waals surface area contributed by atoms with Crippen molar-refractivity contribution in [1.29, 1.82) is 0 Å². The predicted molar refractivity (Wildman–Crippen MR) is 110 cm³/mol. The van der Waals surface area contributed by atoms with E-state index in [0.717, 1.165) is 6.07 Å². The van der Waals surface area contributed by atoms with Gasteiger partial charge in [0.1, 0.15) is 12.3 Å². The molecule has 32 heavy (non-hydrogen) atoms. The molecule has 1 aliphatic rings. The lowest BCUT2D eigenvalue weighted by Crippen LogP contribution is -2.37. The molecule has 0 radical (unpaired) electrons. The first-order chi connectivity index (χ1) is 15.3. The molecule has 0 saturated carbocycles. The standard InChI is InChI=1S/C21H22F3N5O3/c1-13-14(3-2-4-15(13)21(22,23)24)9-18-17(11-32-12-30)26-20-16(25)10-19(27-29(18)20)28-5-7-31-8-6-28/h2-4,10,12H,5-9,11,25H2,1H3. The number of halogens is 3. The maximum absolute atomic E-state index is 13.4. The number of alkyl halides is 3. The van der Waals surface area contributed by atoms with Gasteiger partial charge in [-0.1, -0.05) is 12.1 Å². The molecule has 3 heterocycles. The number of fused-ring (bicyclic) bond motifs is 1. The first-order valence-corrected chi connectivity index (χ1v) is 10.00. The Morgan fingerprint density at radius 2 is 2.03 bits per heavy atom. The van der Waals surface area contributed by atoms with Gasteiger partial charge in [-0.15, -0.1) is 5.10 Å². The van der Waals surface area contributed by atoms with Gasteiger partial charge in [0.15, 0.2) is 11.5 Å². The van der Waals surface area contributed by atoms with Crippen LogP contribution in [0.1, 0.15) is 28.1 Å². The Labute approximate surface area is 181 Å². The summed E-state index contributed by atoms with van der Waals surface area (Å²) < 4.78 is 52.0. The van der Waals surface area contributed by atoms with Crippen LogP contribution in [-0.4, -0.2) is 47.4 Å². The lowest BCUT2D eigenvalue weighted by atomic mass is 9.98. The van der Waals surface area contributed by atoms with Gasteiger partial charge in [-0.2, -0.15) is 13.2 Å². The molecule has 0 unspecified atom stereocenters. The minimum absolute atomic E-state index is 0.105. The lowest BCUT2D eigenvalue weighted by Gasteiger charge is -2.27. The molecule has 0 atom stereocenters. The number of carbonyl (C=O) groups is 1. The van der Waals surface area contributed by atoms with Crippen molar-refractivity contribution in [3.05, 3.63) is 52.3 Å². The van der Waals surface area contributed by atoms with Crippen LogP contribution in [0, 0.1) is 6.92 Å². The number of ether oxygens (including phenoxy) is 2. The predicted octanol–water partition coefficient (Wildman–Crippen LogP) is 2.74. The number of benzene rings is 1. The number of hydrogen-bond acceptors (Lipinski definition) is 7. The van der Waals surface area contributed by atoms with Gasteiger partial charge >= 0.3 is 6.18 Å². The van der Waals surface area contributed by atoms with Gasteiger partial charge < -0.3 is 20.1 Å². The third kappa shape index (κ3) is 4.20. The summed E-state index contributed by atoms with van der Waals surface area (Å²) in [5.41, 5.74) is 7.73. The van der Waals surface area contributed by atoms with Crippen LogP contribution >= 0.6 is 0 Å². The number of nitrogen functional groups attached to an aromatic ring is 1. The summed E-state index contributed by atoms with van der Waals surface area (Å²) in [6, 6.07) is 5.76. The molecule has 1 fully saturated rings. The van der Waals surface area contributed by atoms with Gasteiger partial charge in [0.05, 0.1) is 30.2 Å². The number of carbonyl (C=O) groups excluding carboxylic acids is 1. The van der Waals surface area contributed by atoms with Gasteiger partial charge in [-0.25, -0.2) is 9.50 Å². The molecular formula is C21H22F3N5O3. The van der Waals surface area contributed by atoms with Gasteiger partial charge in [0.25, 0.3) is 6.47 Å². The zero-order valence-electron chi connectivity index (χ0n) is 17.4. The van der Waals surface area contributed by atoms with E-state index in [-0.39, 0.29) is 18.6 Å². The zero-order valence-corrected chi connectivity index (χ0v) is 17.4. The number of nitrogens with two attached hydrogens (primary N) is 1. The number of rotatable bonds is 6. The summed E-state index contributed by atoms with van der Waals surface area (Å²) in [6.45, 7) is 3.96. The molecule has 0 bridgehead atoms. The normalized spacial score (nSPS) is 14.7. The van der Waals surface area contributed by atoms with Crippen molar-refractivity contribution in [3.63, 3.8) is 0 Å². The van der Waals surface area contributed by atoms with Crippen molar-refractivity contribution in [2.75, 3.05) is 36.9 Å². The molecule has 0 aliphatic carbocycles. The molecule has 1 aromatic carbocycles. The van der Waals surface area contributed by atoms with E-state index < -0.39 is 11.7 Å². The van der Waals surface area contributed by atoms with E-state index >= 15 is 0 Å². The average molecular weight is 449 g/mol. The summed E-state index contributed by atoms with van der Waals surface area (Å²) in [6.07, 6.45) is -4.36. The third-order valence-electron chi connectivity index (χ3n) is 5.51. The van der Waals surface area contributed by atoms with E-state index in [1.165, 1.54) is 17.5 Å². The molecule has 2 aromatic heterocycles. The topological polar surface area (TPSA) is 95.0 Å². The van der Waals surface area contributed by atoms with Crippen LogP contribution in [0.15, 0.2) is 24.3 Å². The van der Waals surface area contributed by atoms with E-state index in [4.69, 9.17) is 15.2 Å². The zero-order chi connectivity index (χ0) is 22.9. The highest BCUT2D eigenvalue weighted by atomic mass is 19.4. The van der Waals surface area contributed by atoms with Crippen LogP contribution in [0.5, 0.6) is 0 Å². The van der Waals surface area contributed by atoms with Crippen molar-refractivity contribution in [3.8, 4) is 0 Å². The second-order valence-corrected chi connectivity index (χ2v) is 7.47. The number of aromatic nitrogens is 3. The minimum Gasteiger partial charge on any atom is -0.461 e. The molecule has 3 aromatic rings. The Hall–Kier alpha value is -3.34. The minimum atomic E-state index is -4.46. The van der Waals surface area contributed by atoms with Gasteiger partial charge in [-0.05, 0) is 24.1 Å².